The normalized spacial score (nSPS) is 14.0. The summed E-state index contributed by atoms with van der Waals surface area (Å²) in [6, 6.07) is 8.22. The molecule has 0 fully saturated rings. The summed E-state index contributed by atoms with van der Waals surface area (Å²) in [5.74, 6) is -0.139. The molecule has 2 N–H and O–H groups in total. The van der Waals surface area contributed by atoms with E-state index in [0.717, 1.165) is 18.2 Å². The molecule has 1 heterocycles. The third-order valence-corrected chi connectivity index (χ3v) is 3.14. The maximum Gasteiger partial charge on any atom is 0.231 e. The van der Waals surface area contributed by atoms with Gasteiger partial charge in [-0.15, -0.1) is 0 Å². The van der Waals surface area contributed by atoms with E-state index < -0.39 is 17.7 Å². The van der Waals surface area contributed by atoms with E-state index in [1.165, 1.54) is 0 Å². The van der Waals surface area contributed by atoms with Gasteiger partial charge in [0.15, 0.2) is 11.5 Å². The number of hydrogen-bond donors (Lipinski definition) is 2. The Morgan fingerprint density at radius 2 is 1.76 bits per heavy atom. The van der Waals surface area contributed by atoms with Gasteiger partial charge in [-0.2, -0.15) is 0 Å². The van der Waals surface area contributed by atoms with Crippen molar-refractivity contribution in [2.24, 2.45) is 0 Å². The predicted octanol–water partition coefficient (Wildman–Crippen LogP) is 2.84. The molecule has 1 atom stereocenters. The molecule has 4 nitrogen and oxygen atoms in total. The lowest BCUT2D eigenvalue weighted by Gasteiger charge is -2.14. The second-order valence-corrected chi connectivity index (χ2v) is 4.67. The smallest absolute Gasteiger partial charge is 0.231 e. The number of aliphatic hydroxyl groups excluding tert-OH is 1. The minimum Gasteiger partial charge on any atom is -0.454 e. The minimum atomic E-state index is -0.842. The Bertz CT molecular complexity index is 643. The Morgan fingerprint density at radius 1 is 1.05 bits per heavy atom. The Kier molecular flexibility index (Phi) is 3.62. The van der Waals surface area contributed by atoms with Crippen molar-refractivity contribution in [2.45, 2.75) is 6.10 Å². The number of benzene rings is 2. The van der Waals surface area contributed by atoms with E-state index >= 15 is 0 Å². The number of aliphatic hydroxyl groups is 1. The summed E-state index contributed by atoms with van der Waals surface area (Å²) in [7, 11) is 0. The fourth-order valence-corrected chi connectivity index (χ4v) is 2.11. The zero-order valence-electron chi connectivity index (χ0n) is 11.0. The van der Waals surface area contributed by atoms with Crippen LogP contribution in [0.1, 0.15) is 11.7 Å². The summed E-state index contributed by atoms with van der Waals surface area (Å²) in [5.41, 5.74) is 0.899. The zero-order valence-corrected chi connectivity index (χ0v) is 11.0. The molecule has 0 bridgehead atoms. The lowest BCUT2D eigenvalue weighted by Crippen LogP contribution is -2.12. The van der Waals surface area contributed by atoms with Crippen molar-refractivity contribution in [1.29, 1.82) is 0 Å². The molecule has 0 amide bonds. The SMILES string of the molecule is OC(CNc1cc(F)cc(F)c1)c1ccc2c(c1)OCO2. The van der Waals surface area contributed by atoms with Crippen LogP contribution in [0.4, 0.5) is 14.5 Å². The van der Waals surface area contributed by atoms with Gasteiger partial charge in [-0.1, -0.05) is 6.07 Å². The molecule has 1 aliphatic rings. The van der Waals surface area contributed by atoms with Crippen LogP contribution in [0, 0.1) is 11.6 Å². The van der Waals surface area contributed by atoms with E-state index in [0.29, 0.717) is 17.1 Å². The van der Waals surface area contributed by atoms with Crippen molar-refractivity contribution in [3.8, 4) is 11.5 Å². The number of hydrogen-bond acceptors (Lipinski definition) is 4. The second-order valence-electron chi connectivity index (χ2n) is 4.67. The lowest BCUT2D eigenvalue weighted by atomic mass is 10.1. The minimum absolute atomic E-state index is 0.114. The number of ether oxygens (including phenoxy) is 2. The van der Waals surface area contributed by atoms with Crippen LogP contribution >= 0.6 is 0 Å². The van der Waals surface area contributed by atoms with Gasteiger partial charge in [0, 0.05) is 18.3 Å². The summed E-state index contributed by atoms with van der Waals surface area (Å²) >= 11 is 0. The fraction of sp³-hybridized carbons (Fsp3) is 0.200. The highest BCUT2D eigenvalue weighted by Gasteiger charge is 2.16. The van der Waals surface area contributed by atoms with Crippen molar-refractivity contribution in [3.05, 3.63) is 53.6 Å². The highest BCUT2D eigenvalue weighted by atomic mass is 19.1. The maximum atomic E-state index is 13.1. The quantitative estimate of drug-likeness (QED) is 0.910. The largest absolute Gasteiger partial charge is 0.454 e. The summed E-state index contributed by atoms with van der Waals surface area (Å²) in [6.07, 6.45) is -0.842. The van der Waals surface area contributed by atoms with Gasteiger partial charge in [-0.25, -0.2) is 8.78 Å². The van der Waals surface area contributed by atoms with Crippen LogP contribution in [0.3, 0.4) is 0 Å². The van der Waals surface area contributed by atoms with E-state index in [9.17, 15) is 13.9 Å². The first-order chi connectivity index (χ1) is 10.1. The summed E-state index contributed by atoms with van der Waals surface area (Å²) in [5, 5.41) is 12.9. The molecule has 110 valence electrons. The van der Waals surface area contributed by atoms with Gasteiger partial charge >= 0.3 is 0 Å². The van der Waals surface area contributed by atoms with Gasteiger partial charge < -0.3 is 19.9 Å². The van der Waals surface area contributed by atoms with E-state index in [2.05, 4.69) is 5.32 Å². The summed E-state index contributed by atoms with van der Waals surface area (Å²) in [6.45, 7) is 0.276. The van der Waals surface area contributed by atoms with Crippen LogP contribution in [0.5, 0.6) is 11.5 Å². The first-order valence-electron chi connectivity index (χ1n) is 6.39. The number of rotatable bonds is 4. The van der Waals surface area contributed by atoms with Crippen molar-refractivity contribution in [3.63, 3.8) is 0 Å². The molecule has 0 aromatic heterocycles. The molecule has 0 spiro atoms. The van der Waals surface area contributed by atoms with Crippen molar-refractivity contribution >= 4 is 5.69 Å². The molecule has 2 aromatic rings. The molecule has 2 aromatic carbocycles. The molecule has 0 saturated carbocycles. The fourth-order valence-electron chi connectivity index (χ4n) is 2.11. The Labute approximate surface area is 119 Å². The average Bonchev–Trinajstić information content (AvgIpc) is 2.91. The molecule has 3 rings (SSSR count). The number of nitrogens with one attached hydrogen (secondary N) is 1. The van der Waals surface area contributed by atoms with E-state index in [1.807, 2.05) is 0 Å². The lowest BCUT2D eigenvalue weighted by molar-refractivity contribution is 0.173. The number of anilines is 1. The summed E-state index contributed by atoms with van der Waals surface area (Å²) < 4.78 is 36.5. The molecular weight excluding hydrogens is 280 g/mol. The molecule has 21 heavy (non-hydrogen) atoms. The average molecular weight is 293 g/mol. The second kappa shape index (κ2) is 5.57. The van der Waals surface area contributed by atoms with Crippen LogP contribution in [-0.2, 0) is 0 Å². The van der Waals surface area contributed by atoms with Crippen molar-refractivity contribution in [2.75, 3.05) is 18.7 Å². The van der Waals surface area contributed by atoms with Crippen LogP contribution < -0.4 is 14.8 Å². The molecule has 0 aliphatic carbocycles. The van der Waals surface area contributed by atoms with Gasteiger partial charge in [0.2, 0.25) is 6.79 Å². The van der Waals surface area contributed by atoms with Crippen LogP contribution in [0.15, 0.2) is 36.4 Å². The molecular formula is C15H13F2NO3. The molecule has 1 aliphatic heterocycles. The van der Waals surface area contributed by atoms with Gasteiger partial charge in [-0.3, -0.25) is 0 Å². The Morgan fingerprint density at radius 3 is 2.52 bits per heavy atom. The Hall–Kier alpha value is -2.34. The number of fused-ring (bicyclic) bond motifs is 1. The van der Waals surface area contributed by atoms with Crippen LogP contribution in [0.25, 0.3) is 0 Å². The first kappa shape index (κ1) is 13.6. The van der Waals surface area contributed by atoms with Gasteiger partial charge in [-0.05, 0) is 29.8 Å². The van der Waals surface area contributed by atoms with Gasteiger partial charge in [0.1, 0.15) is 11.6 Å². The van der Waals surface area contributed by atoms with Gasteiger partial charge in [0.25, 0.3) is 0 Å². The Balaban J connectivity index is 1.67. The van der Waals surface area contributed by atoms with E-state index in [1.54, 1.807) is 18.2 Å². The third kappa shape index (κ3) is 3.05. The molecule has 1 unspecified atom stereocenters. The monoisotopic (exact) mass is 293 g/mol. The predicted molar refractivity (Wildman–Crippen MR) is 72.4 cm³/mol. The maximum absolute atomic E-state index is 13.1. The molecule has 0 radical (unpaired) electrons. The summed E-state index contributed by atoms with van der Waals surface area (Å²) in [4.78, 5) is 0. The zero-order chi connectivity index (χ0) is 14.8. The standard InChI is InChI=1S/C15H13F2NO3/c16-10-4-11(17)6-12(5-10)18-7-13(19)9-1-2-14-15(3-9)21-8-20-14/h1-6,13,18-19H,7-8H2. The highest BCUT2D eigenvalue weighted by Crippen LogP contribution is 2.34. The topological polar surface area (TPSA) is 50.7 Å². The molecule has 6 heteroatoms. The highest BCUT2D eigenvalue weighted by molar-refractivity contribution is 5.46. The molecule has 0 saturated heterocycles. The van der Waals surface area contributed by atoms with Gasteiger partial charge in [0.05, 0.1) is 6.10 Å². The van der Waals surface area contributed by atoms with E-state index in [4.69, 9.17) is 9.47 Å². The van der Waals surface area contributed by atoms with Crippen LogP contribution in [-0.4, -0.2) is 18.4 Å². The van der Waals surface area contributed by atoms with Crippen molar-refractivity contribution < 1.29 is 23.4 Å². The first-order valence-corrected chi connectivity index (χ1v) is 6.39. The third-order valence-electron chi connectivity index (χ3n) is 3.14. The van der Waals surface area contributed by atoms with Crippen molar-refractivity contribution in [1.82, 2.24) is 0 Å². The van der Waals surface area contributed by atoms with E-state index in [-0.39, 0.29) is 19.0 Å². The number of halogens is 2. The van der Waals surface area contributed by atoms with Crippen LogP contribution in [0.2, 0.25) is 0 Å².